The number of hydrogen-bond acceptors (Lipinski definition) is 2. The molecule has 0 aliphatic heterocycles. The van der Waals surface area contributed by atoms with Crippen LogP contribution in [-0.4, -0.2) is 26.0 Å². The lowest BCUT2D eigenvalue weighted by molar-refractivity contribution is -0.119. The van der Waals surface area contributed by atoms with Gasteiger partial charge in [-0.2, -0.15) is 0 Å². The molecule has 0 atom stereocenters. The maximum Gasteiger partial charge on any atom is 0.233 e. The molecule has 0 aromatic rings. The van der Waals surface area contributed by atoms with Gasteiger partial charge in [-0.25, -0.2) is 0 Å². The van der Waals surface area contributed by atoms with Gasteiger partial charge >= 0.3 is 0 Å². The van der Waals surface area contributed by atoms with Gasteiger partial charge in [-0.1, -0.05) is 26.2 Å². The molecule has 14 heavy (non-hydrogen) atoms. The van der Waals surface area contributed by atoms with Crippen LogP contribution < -0.4 is 10.6 Å². The first kappa shape index (κ1) is 11.5. The van der Waals surface area contributed by atoms with Crippen LogP contribution in [0.15, 0.2) is 0 Å². The number of carbonyl (C=O) groups is 1. The Morgan fingerprint density at radius 2 is 1.93 bits per heavy atom. The molecule has 3 nitrogen and oxygen atoms in total. The molecule has 1 amide bonds. The van der Waals surface area contributed by atoms with Crippen LogP contribution in [0.2, 0.25) is 0 Å². The molecule has 1 rings (SSSR count). The minimum atomic E-state index is 0.0735. The van der Waals surface area contributed by atoms with Crippen LogP contribution >= 0.6 is 0 Å². The van der Waals surface area contributed by atoms with Crippen molar-refractivity contribution in [3.63, 3.8) is 0 Å². The Balaban J connectivity index is 2.18. The van der Waals surface area contributed by atoms with Gasteiger partial charge in [0.2, 0.25) is 5.91 Å². The van der Waals surface area contributed by atoms with Crippen molar-refractivity contribution in [3.8, 4) is 0 Å². The van der Waals surface area contributed by atoms with Gasteiger partial charge in [0.25, 0.3) is 0 Å². The molecule has 0 heterocycles. The Bertz CT molecular complexity index is 186. The van der Waals surface area contributed by atoms with Gasteiger partial charge in [0.1, 0.15) is 0 Å². The van der Waals surface area contributed by atoms with Crippen LogP contribution in [0.1, 0.15) is 39.0 Å². The molecule has 3 heteroatoms. The van der Waals surface area contributed by atoms with E-state index in [2.05, 4.69) is 17.6 Å². The quantitative estimate of drug-likeness (QED) is 0.714. The Hall–Kier alpha value is -0.570. The number of nitrogens with one attached hydrogen (secondary N) is 2. The van der Waals surface area contributed by atoms with Crippen LogP contribution in [-0.2, 0) is 4.79 Å². The van der Waals surface area contributed by atoms with Crippen molar-refractivity contribution >= 4 is 5.91 Å². The number of amides is 1. The topological polar surface area (TPSA) is 41.1 Å². The van der Waals surface area contributed by atoms with E-state index in [-0.39, 0.29) is 5.91 Å². The monoisotopic (exact) mass is 198 g/mol. The first-order valence-corrected chi connectivity index (χ1v) is 5.58. The second-order valence-corrected chi connectivity index (χ2v) is 4.65. The van der Waals surface area contributed by atoms with E-state index in [1.807, 2.05) is 0 Å². The molecule has 1 aliphatic rings. The third kappa shape index (κ3) is 3.66. The van der Waals surface area contributed by atoms with Crippen molar-refractivity contribution < 1.29 is 4.79 Å². The number of rotatable bonds is 4. The van der Waals surface area contributed by atoms with Gasteiger partial charge in [0.05, 0.1) is 6.54 Å². The minimum absolute atomic E-state index is 0.0735. The summed E-state index contributed by atoms with van der Waals surface area (Å²) in [4.78, 5) is 11.0. The van der Waals surface area contributed by atoms with Gasteiger partial charge in [0, 0.05) is 13.6 Å². The second kappa shape index (κ2) is 5.35. The molecular formula is C11H22N2O. The van der Waals surface area contributed by atoms with E-state index >= 15 is 0 Å². The Kier molecular flexibility index (Phi) is 4.39. The van der Waals surface area contributed by atoms with Gasteiger partial charge in [0.15, 0.2) is 0 Å². The van der Waals surface area contributed by atoms with E-state index in [0.717, 1.165) is 6.54 Å². The fraction of sp³-hybridized carbons (Fsp3) is 0.909. The van der Waals surface area contributed by atoms with E-state index in [1.54, 1.807) is 7.05 Å². The van der Waals surface area contributed by atoms with Gasteiger partial charge in [-0.05, 0) is 18.3 Å². The fourth-order valence-electron chi connectivity index (χ4n) is 2.15. The molecule has 0 aromatic carbocycles. The molecule has 0 radical (unpaired) electrons. The maximum atomic E-state index is 11.0. The summed E-state index contributed by atoms with van der Waals surface area (Å²) in [6.45, 7) is 3.75. The molecule has 0 spiro atoms. The van der Waals surface area contributed by atoms with Crippen LogP contribution in [0, 0.1) is 5.41 Å². The zero-order chi connectivity index (χ0) is 10.4. The SMILES string of the molecule is CNC(=O)CNCC1(C)CCCCC1. The lowest BCUT2D eigenvalue weighted by Gasteiger charge is -2.33. The Labute approximate surface area is 86.6 Å². The zero-order valence-corrected chi connectivity index (χ0v) is 9.36. The highest BCUT2D eigenvalue weighted by molar-refractivity contribution is 5.77. The highest BCUT2D eigenvalue weighted by Crippen LogP contribution is 2.34. The Morgan fingerprint density at radius 1 is 1.29 bits per heavy atom. The first-order valence-electron chi connectivity index (χ1n) is 5.58. The summed E-state index contributed by atoms with van der Waals surface area (Å²) in [5.41, 5.74) is 0.423. The summed E-state index contributed by atoms with van der Waals surface area (Å²) in [5, 5.41) is 5.85. The smallest absolute Gasteiger partial charge is 0.233 e. The molecule has 0 aromatic heterocycles. The average molecular weight is 198 g/mol. The fourth-order valence-corrected chi connectivity index (χ4v) is 2.15. The average Bonchev–Trinajstić information content (AvgIpc) is 2.18. The lowest BCUT2D eigenvalue weighted by atomic mass is 9.76. The van der Waals surface area contributed by atoms with Gasteiger partial charge in [-0.3, -0.25) is 4.79 Å². The molecule has 0 bridgehead atoms. The van der Waals surface area contributed by atoms with Crippen molar-refractivity contribution in [3.05, 3.63) is 0 Å². The summed E-state index contributed by atoms with van der Waals surface area (Å²) in [5.74, 6) is 0.0735. The number of carbonyl (C=O) groups excluding carboxylic acids is 1. The second-order valence-electron chi connectivity index (χ2n) is 4.65. The predicted molar refractivity (Wildman–Crippen MR) is 58.1 cm³/mol. The molecule has 0 unspecified atom stereocenters. The highest BCUT2D eigenvalue weighted by atomic mass is 16.1. The molecule has 1 saturated carbocycles. The van der Waals surface area contributed by atoms with Crippen molar-refractivity contribution in [1.82, 2.24) is 10.6 Å². The molecule has 0 saturated heterocycles. The lowest BCUT2D eigenvalue weighted by Crippen LogP contribution is -2.38. The van der Waals surface area contributed by atoms with E-state index in [0.29, 0.717) is 12.0 Å². The molecule has 1 aliphatic carbocycles. The van der Waals surface area contributed by atoms with Crippen LogP contribution in [0.3, 0.4) is 0 Å². The minimum Gasteiger partial charge on any atom is -0.358 e. The van der Waals surface area contributed by atoms with Crippen molar-refractivity contribution in [1.29, 1.82) is 0 Å². The Morgan fingerprint density at radius 3 is 2.50 bits per heavy atom. The summed E-state index contributed by atoms with van der Waals surface area (Å²) < 4.78 is 0. The summed E-state index contributed by atoms with van der Waals surface area (Å²) in [6, 6.07) is 0. The summed E-state index contributed by atoms with van der Waals surface area (Å²) in [6.07, 6.45) is 6.67. The van der Waals surface area contributed by atoms with Crippen molar-refractivity contribution in [2.24, 2.45) is 5.41 Å². The first-order chi connectivity index (χ1) is 6.66. The molecular weight excluding hydrogens is 176 g/mol. The summed E-state index contributed by atoms with van der Waals surface area (Å²) in [7, 11) is 1.67. The normalized spacial score (nSPS) is 20.4. The zero-order valence-electron chi connectivity index (χ0n) is 9.36. The number of hydrogen-bond donors (Lipinski definition) is 2. The van der Waals surface area contributed by atoms with E-state index < -0.39 is 0 Å². The van der Waals surface area contributed by atoms with Crippen LogP contribution in [0.5, 0.6) is 0 Å². The third-order valence-electron chi connectivity index (χ3n) is 3.18. The van der Waals surface area contributed by atoms with E-state index in [1.165, 1.54) is 32.1 Å². The van der Waals surface area contributed by atoms with Gasteiger partial charge < -0.3 is 10.6 Å². The highest BCUT2D eigenvalue weighted by Gasteiger charge is 2.26. The largest absolute Gasteiger partial charge is 0.358 e. The molecule has 2 N–H and O–H groups in total. The van der Waals surface area contributed by atoms with Crippen molar-refractivity contribution in [2.75, 3.05) is 20.1 Å². The third-order valence-corrected chi connectivity index (χ3v) is 3.18. The van der Waals surface area contributed by atoms with Crippen LogP contribution in [0.4, 0.5) is 0 Å². The van der Waals surface area contributed by atoms with Gasteiger partial charge in [-0.15, -0.1) is 0 Å². The maximum absolute atomic E-state index is 11.0. The van der Waals surface area contributed by atoms with E-state index in [4.69, 9.17) is 0 Å². The van der Waals surface area contributed by atoms with E-state index in [9.17, 15) is 4.79 Å². The van der Waals surface area contributed by atoms with Crippen molar-refractivity contribution in [2.45, 2.75) is 39.0 Å². The summed E-state index contributed by atoms with van der Waals surface area (Å²) >= 11 is 0. The van der Waals surface area contributed by atoms with Crippen LogP contribution in [0.25, 0.3) is 0 Å². The molecule has 1 fully saturated rings. The standard InChI is InChI=1S/C11H22N2O/c1-11(6-4-3-5-7-11)9-13-8-10(14)12-2/h13H,3-9H2,1-2H3,(H,12,14). The molecule has 82 valence electrons. The number of likely N-dealkylation sites (N-methyl/N-ethyl adjacent to an activating group) is 1. The predicted octanol–water partition coefficient (Wildman–Crippen LogP) is 1.29.